The number of carbonyl (C=O) groups excluding carboxylic acids is 2. The highest BCUT2D eigenvalue weighted by atomic mass is 16.6. The van der Waals surface area contributed by atoms with Crippen LogP contribution in [0, 0.1) is 0 Å². The van der Waals surface area contributed by atoms with Crippen LogP contribution < -0.4 is 10.6 Å². The molecule has 0 atom stereocenters. The van der Waals surface area contributed by atoms with Crippen LogP contribution in [-0.2, 0) is 16.5 Å². The van der Waals surface area contributed by atoms with Gasteiger partial charge in [0, 0.05) is 14.1 Å². The Balaban J connectivity index is 2.12. The third kappa shape index (κ3) is 5.24. The van der Waals surface area contributed by atoms with E-state index in [0.29, 0.717) is 27.7 Å². The van der Waals surface area contributed by atoms with Crippen LogP contribution in [0.5, 0.6) is 0 Å². The molecule has 33 heavy (non-hydrogen) atoms. The van der Waals surface area contributed by atoms with Gasteiger partial charge < -0.3 is 19.8 Å². The molecule has 1 amide bonds. The van der Waals surface area contributed by atoms with Crippen molar-refractivity contribution in [2.75, 3.05) is 17.7 Å². The first-order valence-electron chi connectivity index (χ1n) is 10.6. The summed E-state index contributed by atoms with van der Waals surface area (Å²) in [5.41, 5.74) is 7.96. The second-order valence-corrected chi connectivity index (χ2v) is 9.87. The molecular formula is C24H31N5O4. The molecule has 0 aliphatic rings. The number of fused-ring (bicyclic) bond motifs is 1. The Morgan fingerprint density at radius 2 is 1.70 bits per heavy atom. The van der Waals surface area contributed by atoms with Crippen molar-refractivity contribution in [3.05, 3.63) is 36.2 Å². The van der Waals surface area contributed by atoms with Crippen molar-refractivity contribution in [3.8, 4) is 11.1 Å². The van der Waals surface area contributed by atoms with Crippen molar-refractivity contribution >= 4 is 34.7 Å². The second-order valence-electron chi connectivity index (χ2n) is 9.87. The van der Waals surface area contributed by atoms with Gasteiger partial charge in [0.1, 0.15) is 22.5 Å². The van der Waals surface area contributed by atoms with Crippen molar-refractivity contribution in [1.82, 2.24) is 14.5 Å². The average Bonchev–Trinajstić information content (AvgIpc) is 3.06. The largest absolute Gasteiger partial charge is 0.456 e. The number of aryl methyl sites for hydroxylation is 1. The van der Waals surface area contributed by atoms with Crippen LogP contribution in [0.25, 0.3) is 22.2 Å². The molecule has 2 N–H and O–H groups in total. The molecule has 0 unspecified atom stereocenters. The molecule has 0 saturated carbocycles. The molecule has 176 valence electrons. The zero-order valence-corrected chi connectivity index (χ0v) is 20.4. The van der Waals surface area contributed by atoms with E-state index in [1.165, 1.54) is 4.90 Å². The molecule has 0 bridgehead atoms. The van der Waals surface area contributed by atoms with E-state index in [4.69, 9.17) is 15.2 Å². The monoisotopic (exact) mass is 453 g/mol. The van der Waals surface area contributed by atoms with E-state index in [1.54, 1.807) is 56.9 Å². The summed E-state index contributed by atoms with van der Waals surface area (Å²) in [5, 5.41) is 0. The Kier molecular flexibility index (Phi) is 6.10. The summed E-state index contributed by atoms with van der Waals surface area (Å²) in [7, 11) is 3.39. The topological polar surface area (TPSA) is 113 Å². The van der Waals surface area contributed by atoms with Gasteiger partial charge in [-0.05, 0) is 59.2 Å². The van der Waals surface area contributed by atoms with Crippen molar-refractivity contribution in [1.29, 1.82) is 0 Å². The number of imidazole rings is 1. The first-order valence-corrected chi connectivity index (χ1v) is 10.6. The summed E-state index contributed by atoms with van der Waals surface area (Å²) < 4.78 is 12.8. The zero-order chi connectivity index (χ0) is 24.7. The summed E-state index contributed by atoms with van der Waals surface area (Å²) in [6.45, 7) is 10.8. The van der Waals surface area contributed by atoms with E-state index in [1.807, 2.05) is 33.9 Å². The number of rotatable bonds is 3. The van der Waals surface area contributed by atoms with Crippen molar-refractivity contribution in [2.24, 2.45) is 7.05 Å². The minimum atomic E-state index is -0.665. The third-order valence-electron chi connectivity index (χ3n) is 4.64. The van der Waals surface area contributed by atoms with Gasteiger partial charge >= 0.3 is 12.1 Å². The average molecular weight is 454 g/mol. The van der Waals surface area contributed by atoms with Crippen LogP contribution >= 0.6 is 0 Å². The predicted molar refractivity (Wildman–Crippen MR) is 128 cm³/mol. The Hall–Kier alpha value is -3.62. The summed E-state index contributed by atoms with van der Waals surface area (Å²) in [4.78, 5) is 35.5. The number of esters is 1. The maximum Gasteiger partial charge on any atom is 0.415 e. The van der Waals surface area contributed by atoms with Crippen LogP contribution in [0.3, 0.4) is 0 Å². The van der Waals surface area contributed by atoms with Crippen LogP contribution in [0.1, 0.15) is 51.9 Å². The van der Waals surface area contributed by atoms with Crippen LogP contribution in [0.2, 0.25) is 0 Å². The molecule has 1 aromatic carbocycles. The highest BCUT2D eigenvalue weighted by Gasteiger charge is 2.27. The Labute approximate surface area is 193 Å². The highest BCUT2D eigenvalue weighted by Crippen LogP contribution is 2.37. The number of anilines is 2. The Bertz CT molecular complexity index is 1220. The number of nitrogens with zero attached hydrogens (tertiary/aromatic N) is 4. The van der Waals surface area contributed by atoms with Crippen LogP contribution in [0.4, 0.5) is 16.4 Å². The molecule has 0 aliphatic heterocycles. The lowest BCUT2D eigenvalue weighted by molar-refractivity contribution is 0.00693. The zero-order valence-electron chi connectivity index (χ0n) is 20.4. The lowest BCUT2D eigenvalue weighted by Crippen LogP contribution is -2.34. The molecule has 0 aliphatic carbocycles. The van der Waals surface area contributed by atoms with Crippen molar-refractivity contribution in [2.45, 2.75) is 52.7 Å². The number of hydrogen-bond acceptors (Lipinski definition) is 7. The van der Waals surface area contributed by atoms with Gasteiger partial charge in [0.15, 0.2) is 5.82 Å². The SMILES string of the molecule is CN(C(=O)OC(C)(C)C)c1nc(N)c(-c2cccc(C(=O)OC(C)(C)C)c2)c2c1ncn2C. The summed E-state index contributed by atoms with van der Waals surface area (Å²) in [6, 6.07) is 7.00. The molecule has 2 aromatic heterocycles. The molecular weight excluding hydrogens is 422 g/mol. The van der Waals surface area contributed by atoms with Gasteiger partial charge in [-0.3, -0.25) is 4.90 Å². The van der Waals surface area contributed by atoms with Gasteiger partial charge in [0.25, 0.3) is 0 Å². The molecule has 0 radical (unpaired) electrons. The predicted octanol–water partition coefficient (Wildman–Crippen LogP) is 4.54. The van der Waals surface area contributed by atoms with Gasteiger partial charge in [0.2, 0.25) is 0 Å². The molecule has 9 nitrogen and oxygen atoms in total. The normalized spacial score (nSPS) is 12.0. The summed E-state index contributed by atoms with van der Waals surface area (Å²) in [6.07, 6.45) is 1.06. The van der Waals surface area contributed by atoms with Crippen LogP contribution in [0.15, 0.2) is 30.6 Å². The fourth-order valence-corrected chi connectivity index (χ4v) is 3.31. The molecule has 2 heterocycles. The molecule has 3 rings (SSSR count). The number of hydrogen-bond donors (Lipinski definition) is 1. The van der Waals surface area contributed by atoms with E-state index in [-0.39, 0.29) is 11.6 Å². The van der Waals surface area contributed by atoms with E-state index < -0.39 is 23.3 Å². The van der Waals surface area contributed by atoms with Gasteiger partial charge in [0.05, 0.1) is 23.0 Å². The maximum absolute atomic E-state index is 12.6. The third-order valence-corrected chi connectivity index (χ3v) is 4.64. The second kappa shape index (κ2) is 8.38. The molecule has 0 saturated heterocycles. The Morgan fingerprint density at radius 1 is 1.06 bits per heavy atom. The number of amides is 1. The van der Waals surface area contributed by atoms with Crippen molar-refractivity contribution < 1.29 is 19.1 Å². The van der Waals surface area contributed by atoms with Gasteiger partial charge in [-0.25, -0.2) is 19.6 Å². The van der Waals surface area contributed by atoms with Gasteiger partial charge in [-0.2, -0.15) is 0 Å². The molecule has 0 spiro atoms. The van der Waals surface area contributed by atoms with E-state index in [2.05, 4.69) is 9.97 Å². The van der Waals surface area contributed by atoms with Gasteiger partial charge in [-0.15, -0.1) is 0 Å². The fourth-order valence-electron chi connectivity index (χ4n) is 3.31. The van der Waals surface area contributed by atoms with Gasteiger partial charge in [-0.1, -0.05) is 12.1 Å². The molecule has 3 aromatic rings. The quantitative estimate of drug-likeness (QED) is 0.579. The van der Waals surface area contributed by atoms with E-state index in [0.717, 1.165) is 0 Å². The lowest BCUT2D eigenvalue weighted by Gasteiger charge is -2.25. The van der Waals surface area contributed by atoms with E-state index >= 15 is 0 Å². The molecule has 0 fully saturated rings. The number of carbonyl (C=O) groups is 2. The summed E-state index contributed by atoms with van der Waals surface area (Å²) >= 11 is 0. The number of pyridine rings is 1. The number of aromatic nitrogens is 3. The number of ether oxygens (including phenoxy) is 2. The standard InChI is InChI=1S/C24H31N5O4/c1-23(2,3)32-21(30)15-11-9-10-14(12-15)16-18-17(26-13-28(18)7)20(27-19(16)25)29(8)22(31)33-24(4,5)6/h9-13H,1-8H3,(H2,25,27). The minimum absolute atomic E-state index is 0.192. The lowest BCUT2D eigenvalue weighted by atomic mass is 10.0. The van der Waals surface area contributed by atoms with E-state index in [9.17, 15) is 9.59 Å². The van der Waals surface area contributed by atoms with Crippen molar-refractivity contribution in [3.63, 3.8) is 0 Å². The minimum Gasteiger partial charge on any atom is -0.456 e. The fraction of sp³-hybridized carbons (Fsp3) is 0.417. The first kappa shape index (κ1) is 24.0. The first-order chi connectivity index (χ1) is 15.2. The van der Waals surface area contributed by atoms with Crippen LogP contribution in [-0.4, -0.2) is 44.8 Å². The summed E-state index contributed by atoms with van der Waals surface area (Å²) in [5.74, 6) is 0.0423. The molecule has 9 heteroatoms. The smallest absolute Gasteiger partial charge is 0.415 e. The number of benzene rings is 1. The maximum atomic E-state index is 12.6. The Morgan fingerprint density at radius 3 is 2.30 bits per heavy atom. The number of nitrogen functional groups attached to an aromatic ring is 1. The highest BCUT2D eigenvalue weighted by molar-refractivity contribution is 6.06. The number of nitrogens with two attached hydrogens (primary N) is 1.